The van der Waals surface area contributed by atoms with Gasteiger partial charge in [-0.25, -0.2) is 14.8 Å². The summed E-state index contributed by atoms with van der Waals surface area (Å²) in [6.07, 6.45) is -1.32. The molecule has 1 unspecified atom stereocenters. The summed E-state index contributed by atoms with van der Waals surface area (Å²) in [4.78, 5) is 54.6. The molecule has 1 fully saturated rings. The Morgan fingerprint density at radius 2 is 2.07 bits per heavy atom. The van der Waals surface area contributed by atoms with Crippen LogP contribution in [0.5, 0.6) is 5.75 Å². The fourth-order valence-corrected chi connectivity index (χ4v) is 5.95. The van der Waals surface area contributed by atoms with Crippen LogP contribution in [-0.2, 0) is 33.9 Å². The number of hydrogen-bond donors (Lipinski definition) is 5. The van der Waals surface area contributed by atoms with Crippen molar-refractivity contribution in [1.29, 1.82) is 0 Å². The average molecular weight is 672 g/mol. The van der Waals surface area contributed by atoms with Crippen LogP contribution in [-0.4, -0.2) is 92.0 Å². The largest absolute Gasteiger partial charge is 0.489 e. The van der Waals surface area contributed by atoms with E-state index in [0.29, 0.717) is 33.5 Å². The van der Waals surface area contributed by atoms with E-state index in [1.807, 2.05) is 0 Å². The molecule has 7 N–H and O–H groups in total. The lowest BCUT2D eigenvalue weighted by atomic mass is 9.74. The van der Waals surface area contributed by atoms with E-state index in [9.17, 15) is 27.9 Å². The normalized spacial score (nSPS) is 17.4. The molecule has 0 saturated carbocycles. The number of nitrogens with zero attached hydrogens (tertiary/aromatic N) is 4. The van der Waals surface area contributed by atoms with Crippen LogP contribution in [0.25, 0.3) is 11.0 Å². The summed E-state index contributed by atoms with van der Waals surface area (Å²) in [5.74, 6) is -3.05. The number of amides is 1. The molecule has 1 amide bonds. The zero-order chi connectivity index (χ0) is 32.2. The quantitative estimate of drug-likeness (QED) is 0.0358. The number of β-lactam (4-membered cyclic amide) rings is 1. The Balaban J connectivity index is 1.46. The zero-order valence-electron chi connectivity index (χ0n) is 23.3. The van der Waals surface area contributed by atoms with Gasteiger partial charge in [-0.2, -0.15) is 13.5 Å². The molecular formula is C24H29N7O10S3. The van der Waals surface area contributed by atoms with E-state index in [2.05, 4.69) is 24.4 Å². The third kappa shape index (κ3) is 7.81. The predicted octanol–water partition coefficient (Wildman–Crippen LogP) is 1.23. The van der Waals surface area contributed by atoms with Crippen LogP contribution in [0.15, 0.2) is 33.9 Å². The molecule has 0 aliphatic carbocycles. The first kappa shape index (κ1) is 33.1. The van der Waals surface area contributed by atoms with E-state index in [1.165, 1.54) is 31.0 Å². The number of aromatic nitrogens is 3. The number of ether oxygens (including phenoxy) is 1. The van der Waals surface area contributed by atoms with Crippen LogP contribution in [0.3, 0.4) is 0 Å². The summed E-state index contributed by atoms with van der Waals surface area (Å²) in [5, 5.41) is 16.1. The summed E-state index contributed by atoms with van der Waals surface area (Å²) in [6.45, 7) is 2.92. The molecule has 3 heterocycles. The number of fused-ring (bicyclic) bond motifs is 1. The summed E-state index contributed by atoms with van der Waals surface area (Å²) < 4.78 is 41.1. The number of imidazole rings is 1. The van der Waals surface area contributed by atoms with Crippen molar-refractivity contribution >= 4 is 73.0 Å². The van der Waals surface area contributed by atoms with Crippen molar-refractivity contribution in [2.45, 2.75) is 43.5 Å². The van der Waals surface area contributed by atoms with Crippen LogP contribution in [0, 0.1) is 5.92 Å². The highest BCUT2D eigenvalue weighted by atomic mass is 32.3. The van der Waals surface area contributed by atoms with Crippen molar-refractivity contribution in [3.05, 3.63) is 29.3 Å². The maximum Gasteiger partial charge on any atom is 0.418 e. The van der Waals surface area contributed by atoms with Gasteiger partial charge in [-0.3, -0.25) is 14.1 Å². The van der Waals surface area contributed by atoms with Crippen LogP contribution in [0.1, 0.15) is 32.4 Å². The number of hydroxylamine groups is 2. The molecule has 0 radical (unpaired) electrons. The van der Waals surface area contributed by atoms with Crippen LogP contribution < -0.4 is 16.2 Å². The number of nitrogen functional groups attached to an aromatic ring is 1. The van der Waals surface area contributed by atoms with Crippen molar-refractivity contribution in [2.75, 3.05) is 24.6 Å². The fraction of sp³-hybridized carbons (Fsp3) is 0.417. The number of nitrogens with one attached hydrogen (secondary N) is 1. The van der Waals surface area contributed by atoms with Crippen LogP contribution >= 0.6 is 23.1 Å². The van der Waals surface area contributed by atoms with Gasteiger partial charge in [0.15, 0.2) is 21.8 Å². The third-order valence-electron chi connectivity index (χ3n) is 6.43. The Morgan fingerprint density at radius 3 is 2.68 bits per heavy atom. The first-order chi connectivity index (χ1) is 20.7. The van der Waals surface area contributed by atoms with Gasteiger partial charge in [-0.05, 0) is 38.9 Å². The molecule has 1 saturated heterocycles. The summed E-state index contributed by atoms with van der Waals surface area (Å²) >= 11 is 2.50. The Hall–Kier alpha value is -3.82. The topological polar surface area (TPSA) is 263 Å². The number of benzene rings is 1. The lowest BCUT2D eigenvalue weighted by molar-refractivity contribution is -0.228. The number of thioether (sulfide) groups is 1. The molecule has 17 nitrogen and oxygen atoms in total. The smallest absolute Gasteiger partial charge is 0.418 e. The molecule has 0 spiro atoms. The van der Waals surface area contributed by atoms with E-state index < -0.39 is 64.4 Å². The number of carbonyl (C=O) groups is 3. The van der Waals surface area contributed by atoms with Crippen molar-refractivity contribution in [3.8, 4) is 5.75 Å². The van der Waals surface area contributed by atoms with Gasteiger partial charge in [0.1, 0.15) is 18.1 Å². The number of rotatable bonds is 16. The maximum absolute atomic E-state index is 13.3. The van der Waals surface area contributed by atoms with Gasteiger partial charge >= 0.3 is 16.4 Å². The molecule has 3 aromatic rings. The highest BCUT2D eigenvalue weighted by Gasteiger charge is 2.57. The average Bonchev–Trinajstić information content (AvgIpc) is 3.56. The van der Waals surface area contributed by atoms with Crippen LogP contribution in [0.2, 0.25) is 0 Å². The third-order valence-corrected chi connectivity index (χ3v) is 8.40. The van der Waals surface area contributed by atoms with E-state index in [0.717, 1.165) is 23.5 Å². The standard InChI is InChI=1S/C24H29N7O10S3/c1-24(2)13(20(33)31(24)41-44(36,37)38)9-17(32)19(16-11-43-22(26)27-16)30-40-18(21(34)35)10-39-12-4-5-14-15(8-12)29-23(28-14)42-7-3-6-25/h4-5,8,11,13,18H,3,6-7,9-10,25H2,1-2H3,(H2,26,27)(H,28,29)(H,34,35)(H,36,37,38)/b30-19-/t13-,18?/m1/s1. The van der Waals surface area contributed by atoms with Gasteiger partial charge < -0.3 is 31.1 Å². The number of H-pyrrole nitrogens is 1. The van der Waals surface area contributed by atoms with E-state index >= 15 is 0 Å². The summed E-state index contributed by atoms with van der Waals surface area (Å²) in [6, 6.07) is 4.97. The summed E-state index contributed by atoms with van der Waals surface area (Å²) in [7, 11) is -4.99. The number of aromatic amines is 1. The molecule has 2 aromatic heterocycles. The molecule has 2 atom stereocenters. The van der Waals surface area contributed by atoms with Crippen molar-refractivity contribution in [1.82, 2.24) is 20.0 Å². The minimum Gasteiger partial charge on any atom is -0.489 e. The summed E-state index contributed by atoms with van der Waals surface area (Å²) in [5.41, 5.74) is 10.8. The Kier molecular flexibility index (Phi) is 10.1. The monoisotopic (exact) mass is 671 g/mol. The number of oxime groups is 1. The molecule has 44 heavy (non-hydrogen) atoms. The van der Waals surface area contributed by atoms with E-state index in [1.54, 1.807) is 18.2 Å². The lowest BCUT2D eigenvalue weighted by Gasteiger charge is -2.50. The molecule has 20 heteroatoms. The number of Topliss-reactive ketones (excluding diaryl/α,β-unsaturated/α-hetero) is 1. The molecule has 1 aromatic carbocycles. The molecule has 0 bridgehead atoms. The molecular weight excluding hydrogens is 643 g/mol. The molecule has 238 valence electrons. The van der Waals surface area contributed by atoms with Gasteiger partial charge in [-0.15, -0.1) is 15.6 Å². The minimum atomic E-state index is -4.99. The number of ketones is 1. The van der Waals surface area contributed by atoms with Crippen molar-refractivity contribution < 1.29 is 46.3 Å². The lowest BCUT2D eigenvalue weighted by Crippen LogP contribution is -2.68. The first-order valence-corrected chi connectivity index (χ1v) is 16.1. The van der Waals surface area contributed by atoms with Crippen molar-refractivity contribution in [2.24, 2.45) is 16.8 Å². The number of carboxylic acid groups (broad SMARTS) is 1. The number of thiazole rings is 1. The Morgan fingerprint density at radius 1 is 1.32 bits per heavy atom. The highest BCUT2D eigenvalue weighted by molar-refractivity contribution is 7.99. The van der Waals surface area contributed by atoms with Gasteiger partial charge in [-0.1, -0.05) is 16.9 Å². The first-order valence-electron chi connectivity index (χ1n) is 12.9. The second-order valence-electron chi connectivity index (χ2n) is 9.93. The number of carbonyl (C=O) groups excluding carboxylic acids is 2. The highest BCUT2D eigenvalue weighted by Crippen LogP contribution is 2.40. The number of hydrogen-bond acceptors (Lipinski definition) is 15. The number of nitrogens with two attached hydrogens (primary N) is 2. The number of carboxylic acids is 1. The van der Waals surface area contributed by atoms with Crippen LogP contribution in [0.4, 0.5) is 5.13 Å². The van der Waals surface area contributed by atoms with Gasteiger partial charge in [0, 0.05) is 23.6 Å². The predicted molar refractivity (Wildman–Crippen MR) is 158 cm³/mol. The zero-order valence-corrected chi connectivity index (χ0v) is 25.8. The second-order valence-corrected chi connectivity index (χ2v) is 12.9. The second kappa shape index (κ2) is 13.4. The molecule has 1 aliphatic rings. The van der Waals surface area contributed by atoms with E-state index in [4.69, 9.17) is 25.6 Å². The molecule has 1 aliphatic heterocycles. The van der Waals surface area contributed by atoms with Gasteiger partial charge in [0.05, 0.1) is 22.5 Å². The number of anilines is 1. The number of aliphatic carboxylic acids is 1. The Labute approximate surface area is 258 Å². The van der Waals surface area contributed by atoms with Gasteiger partial charge in [0.25, 0.3) is 12.0 Å². The van der Waals surface area contributed by atoms with Gasteiger partial charge in [0.2, 0.25) is 0 Å². The molecule has 4 rings (SSSR count). The SMILES string of the molecule is CC1(C)[C@H](CC(=O)/C(=N\OC(COc2ccc3nc(SCCCN)[nH]c3c2)C(=O)O)c2csc(N)n2)C(=O)N1OS(=O)(=O)O. The Bertz CT molecular complexity index is 1690. The maximum atomic E-state index is 13.3. The fourth-order valence-electron chi connectivity index (χ4n) is 4.10. The minimum absolute atomic E-state index is 0.0250. The van der Waals surface area contributed by atoms with E-state index in [-0.39, 0.29) is 10.8 Å². The van der Waals surface area contributed by atoms with Crippen molar-refractivity contribution in [3.63, 3.8) is 0 Å².